The van der Waals surface area contributed by atoms with Gasteiger partial charge in [-0.1, -0.05) is 38.1 Å². The second-order valence-corrected chi connectivity index (χ2v) is 13.2. The number of hydrogen-bond donors (Lipinski definition) is 2. The number of nitriles is 1. The predicted octanol–water partition coefficient (Wildman–Crippen LogP) is 4.18. The molecule has 0 saturated carbocycles. The molecule has 54 heavy (non-hydrogen) atoms. The number of rotatable bonds is 34. The van der Waals surface area contributed by atoms with Crippen molar-refractivity contribution in [2.75, 3.05) is 127 Å². The normalized spacial score (nSPS) is 12.7. The molecule has 2 rings (SSSR count). The zero-order valence-electron chi connectivity index (χ0n) is 33.4. The van der Waals surface area contributed by atoms with Crippen molar-refractivity contribution in [3.8, 4) is 17.6 Å². The fraction of sp³-hybridized carbons (Fsp3) is 0.683. The quantitative estimate of drug-likeness (QED) is 0.0983. The highest BCUT2D eigenvalue weighted by Crippen LogP contribution is 2.37. The second kappa shape index (κ2) is 29.4. The highest BCUT2D eigenvalue weighted by Gasteiger charge is 2.36. The molecule has 0 spiro atoms. The topological polar surface area (TPSA) is 151 Å². The molecule has 1 unspecified atom stereocenters. The molecule has 0 saturated heterocycles. The van der Waals surface area contributed by atoms with Gasteiger partial charge in [0.15, 0.2) is 11.5 Å². The summed E-state index contributed by atoms with van der Waals surface area (Å²) in [6, 6.07) is 14.2. The van der Waals surface area contributed by atoms with Crippen LogP contribution in [0.1, 0.15) is 48.9 Å². The van der Waals surface area contributed by atoms with Crippen molar-refractivity contribution in [2.24, 2.45) is 5.92 Å². The SMILES string of the molecule is COCCOCCOCCOCCOCCOCCOCCOc1ccc(CCN(C)CCCC(C#N)(c2ccc(CO)c(CO)c2)C(C)C)cc1OC. The first-order valence-electron chi connectivity index (χ1n) is 19.0. The Labute approximate surface area is 323 Å². The lowest BCUT2D eigenvalue weighted by molar-refractivity contribution is -0.0199. The van der Waals surface area contributed by atoms with Gasteiger partial charge in [0.2, 0.25) is 0 Å². The van der Waals surface area contributed by atoms with Crippen LogP contribution in [0.5, 0.6) is 11.5 Å². The van der Waals surface area contributed by atoms with Crippen molar-refractivity contribution in [2.45, 2.75) is 51.7 Å². The largest absolute Gasteiger partial charge is 0.493 e. The number of ether oxygens (including phenoxy) is 9. The molecule has 0 heterocycles. The Hall–Kier alpha value is -2.87. The summed E-state index contributed by atoms with van der Waals surface area (Å²) in [5.41, 5.74) is 2.72. The Morgan fingerprint density at radius 1 is 0.667 bits per heavy atom. The van der Waals surface area contributed by atoms with Gasteiger partial charge in [-0.3, -0.25) is 0 Å². The third-order valence-corrected chi connectivity index (χ3v) is 9.15. The van der Waals surface area contributed by atoms with E-state index in [2.05, 4.69) is 37.9 Å². The number of methoxy groups -OCH3 is 2. The first kappa shape index (κ1) is 47.3. The molecule has 306 valence electrons. The van der Waals surface area contributed by atoms with E-state index in [1.54, 1.807) is 14.2 Å². The van der Waals surface area contributed by atoms with Crippen molar-refractivity contribution in [3.63, 3.8) is 0 Å². The lowest BCUT2D eigenvalue weighted by Crippen LogP contribution is -2.33. The highest BCUT2D eigenvalue weighted by molar-refractivity contribution is 5.43. The van der Waals surface area contributed by atoms with Gasteiger partial charge in [0.1, 0.15) is 6.61 Å². The molecule has 1 atom stereocenters. The molecule has 13 nitrogen and oxygen atoms in total. The van der Waals surface area contributed by atoms with E-state index in [0.29, 0.717) is 122 Å². The molecule has 0 bridgehead atoms. The van der Waals surface area contributed by atoms with Gasteiger partial charge in [-0.05, 0) is 73.2 Å². The Balaban J connectivity index is 1.57. The van der Waals surface area contributed by atoms with Crippen LogP contribution in [-0.4, -0.2) is 142 Å². The van der Waals surface area contributed by atoms with E-state index in [1.807, 2.05) is 30.3 Å². The summed E-state index contributed by atoms with van der Waals surface area (Å²) in [5, 5.41) is 29.8. The summed E-state index contributed by atoms with van der Waals surface area (Å²) in [5.74, 6) is 1.44. The number of aliphatic hydroxyl groups excluding tert-OH is 2. The van der Waals surface area contributed by atoms with Crippen LogP contribution in [0, 0.1) is 17.2 Å². The fourth-order valence-electron chi connectivity index (χ4n) is 5.82. The Morgan fingerprint density at radius 3 is 1.69 bits per heavy atom. The van der Waals surface area contributed by atoms with E-state index in [0.717, 1.165) is 37.1 Å². The minimum atomic E-state index is -0.675. The van der Waals surface area contributed by atoms with E-state index in [-0.39, 0.29) is 19.1 Å². The van der Waals surface area contributed by atoms with E-state index in [9.17, 15) is 15.5 Å². The average molecular weight is 763 g/mol. The number of aliphatic hydroxyl groups is 2. The van der Waals surface area contributed by atoms with Gasteiger partial charge in [0.05, 0.1) is 118 Å². The zero-order chi connectivity index (χ0) is 39.3. The molecule has 0 aliphatic rings. The van der Waals surface area contributed by atoms with Crippen LogP contribution in [0.4, 0.5) is 0 Å². The van der Waals surface area contributed by atoms with Crippen LogP contribution < -0.4 is 9.47 Å². The van der Waals surface area contributed by atoms with Gasteiger partial charge < -0.3 is 57.7 Å². The van der Waals surface area contributed by atoms with Gasteiger partial charge >= 0.3 is 0 Å². The molecule has 0 fully saturated rings. The third-order valence-electron chi connectivity index (χ3n) is 9.15. The third kappa shape index (κ3) is 18.2. The van der Waals surface area contributed by atoms with Crippen LogP contribution in [-0.2, 0) is 58.2 Å². The number of benzene rings is 2. The van der Waals surface area contributed by atoms with Gasteiger partial charge in [-0.15, -0.1) is 0 Å². The number of hydrogen-bond acceptors (Lipinski definition) is 13. The molecule has 2 aromatic carbocycles. The average Bonchev–Trinajstić information content (AvgIpc) is 3.19. The van der Waals surface area contributed by atoms with Gasteiger partial charge in [0.25, 0.3) is 0 Å². The van der Waals surface area contributed by atoms with Crippen molar-refractivity contribution in [1.82, 2.24) is 4.90 Å². The van der Waals surface area contributed by atoms with E-state index < -0.39 is 5.41 Å². The molecule has 2 N–H and O–H groups in total. The summed E-state index contributed by atoms with van der Waals surface area (Å²) in [6.07, 6.45) is 2.38. The van der Waals surface area contributed by atoms with Crippen LogP contribution in [0.3, 0.4) is 0 Å². The van der Waals surface area contributed by atoms with Gasteiger partial charge in [-0.25, -0.2) is 0 Å². The fourth-order valence-corrected chi connectivity index (χ4v) is 5.82. The molecular weight excluding hydrogens is 696 g/mol. The van der Waals surface area contributed by atoms with Crippen LogP contribution in [0.2, 0.25) is 0 Å². The monoisotopic (exact) mass is 762 g/mol. The molecule has 0 radical (unpaired) electrons. The highest BCUT2D eigenvalue weighted by atomic mass is 16.6. The van der Waals surface area contributed by atoms with Crippen LogP contribution in [0.25, 0.3) is 0 Å². The Morgan fingerprint density at radius 2 is 1.20 bits per heavy atom. The first-order valence-corrected chi connectivity index (χ1v) is 19.0. The Kier molecular flexibility index (Phi) is 25.8. The smallest absolute Gasteiger partial charge is 0.161 e. The summed E-state index contributed by atoms with van der Waals surface area (Å²) in [6.45, 7) is 12.5. The van der Waals surface area contributed by atoms with Crippen LogP contribution >= 0.6 is 0 Å². The van der Waals surface area contributed by atoms with E-state index in [4.69, 9.17) is 42.6 Å². The maximum atomic E-state index is 10.3. The molecule has 13 heteroatoms. The maximum absolute atomic E-state index is 10.3. The van der Waals surface area contributed by atoms with E-state index >= 15 is 0 Å². The second-order valence-electron chi connectivity index (χ2n) is 13.2. The number of likely N-dealkylation sites (N-methyl/N-ethyl adjacent to an activating group) is 1. The van der Waals surface area contributed by atoms with Gasteiger partial charge in [0, 0.05) is 13.7 Å². The van der Waals surface area contributed by atoms with E-state index in [1.165, 1.54) is 0 Å². The minimum absolute atomic E-state index is 0.0851. The van der Waals surface area contributed by atoms with Crippen LogP contribution in [0.15, 0.2) is 36.4 Å². The molecule has 0 amide bonds. The molecule has 0 aliphatic heterocycles. The standard InChI is InChI=1S/C41H66N2O11/c1-34(2)41(33-42,38-9-8-36(31-44)37(30-38)32-45)12-6-13-43(3)14-11-35-7-10-39(40(29-35)47-5)54-28-27-53-26-25-52-24-23-51-22-21-50-20-19-49-18-17-48-16-15-46-4/h7-10,29-30,34,44-45H,6,11-28,31-32H2,1-5H3. The predicted molar refractivity (Wildman–Crippen MR) is 206 cm³/mol. The Bertz CT molecular complexity index is 1290. The lowest BCUT2D eigenvalue weighted by atomic mass is 9.69. The summed E-state index contributed by atoms with van der Waals surface area (Å²) in [4.78, 5) is 2.28. The van der Waals surface area contributed by atoms with Crippen molar-refractivity contribution in [3.05, 3.63) is 58.7 Å². The molecular formula is C41H66N2O11. The molecule has 0 aliphatic carbocycles. The minimum Gasteiger partial charge on any atom is -0.493 e. The van der Waals surface area contributed by atoms with Crippen molar-refractivity contribution >= 4 is 0 Å². The lowest BCUT2D eigenvalue weighted by Gasteiger charge is -2.32. The summed E-state index contributed by atoms with van der Waals surface area (Å²) < 4.78 is 49.4. The van der Waals surface area contributed by atoms with Gasteiger partial charge in [-0.2, -0.15) is 5.26 Å². The summed E-state index contributed by atoms with van der Waals surface area (Å²) in [7, 11) is 5.38. The summed E-state index contributed by atoms with van der Waals surface area (Å²) >= 11 is 0. The van der Waals surface area contributed by atoms with Crippen molar-refractivity contribution in [1.29, 1.82) is 5.26 Å². The molecule has 2 aromatic rings. The first-order chi connectivity index (χ1) is 26.3. The zero-order valence-corrected chi connectivity index (χ0v) is 33.4. The molecule has 0 aromatic heterocycles. The maximum Gasteiger partial charge on any atom is 0.161 e. The van der Waals surface area contributed by atoms with Crippen molar-refractivity contribution < 1.29 is 52.8 Å². The number of nitrogens with zero attached hydrogens (tertiary/aromatic N) is 2.